The fraction of sp³-hybridized carbons (Fsp3) is 0.235. The zero-order valence-corrected chi connectivity index (χ0v) is 11.6. The lowest BCUT2D eigenvalue weighted by molar-refractivity contribution is 0.0950. The maximum absolute atomic E-state index is 12.0. The van der Waals surface area contributed by atoms with E-state index in [0.717, 1.165) is 17.5 Å². The van der Waals surface area contributed by atoms with Crippen LogP contribution in [0, 0.1) is 0 Å². The molecule has 0 aliphatic heterocycles. The lowest BCUT2D eigenvalue weighted by Crippen LogP contribution is -2.23. The average Bonchev–Trinajstić information content (AvgIpc) is 2.53. The van der Waals surface area contributed by atoms with E-state index >= 15 is 0 Å². The fourth-order valence-corrected chi connectivity index (χ4v) is 2.05. The first kappa shape index (κ1) is 14.3. The first-order valence-corrected chi connectivity index (χ1v) is 6.79. The van der Waals surface area contributed by atoms with Crippen LogP contribution in [0.3, 0.4) is 0 Å². The second kappa shape index (κ2) is 6.87. The molecule has 0 spiro atoms. The normalized spacial score (nSPS) is 10.3. The van der Waals surface area contributed by atoms with Crippen molar-refractivity contribution in [1.29, 1.82) is 0 Å². The Morgan fingerprint density at radius 2 is 1.70 bits per heavy atom. The number of amides is 1. The Balaban J connectivity index is 2.01. The predicted molar refractivity (Wildman–Crippen MR) is 79.4 cm³/mol. The molecule has 20 heavy (non-hydrogen) atoms. The molecule has 0 fully saturated rings. The third-order valence-electron chi connectivity index (χ3n) is 3.35. The monoisotopic (exact) mass is 269 g/mol. The van der Waals surface area contributed by atoms with Gasteiger partial charge in [0.25, 0.3) is 5.91 Å². The van der Waals surface area contributed by atoms with Gasteiger partial charge in [-0.05, 0) is 35.2 Å². The van der Waals surface area contributed by atoms with Gasteiger partial charge in [-0.1, -0.05) is 43.3 Å². The molecule has 0 heterocycles. The van der Waals surface area contributed by atoms with Crippen LogP contribution in [0.2, 0.25) is 0 Å². The lowest BCUT2D eigenvalue weighted by atomic mass is 10.1. The Morgan fingerprint density at radius 3 is 2.30 bits per heavy atom. The van der Waals surface area contributed by atoms with Crippen molar-refractivity contribution in [3.63, 3.8) is 0 Å². The van der Waals surface area contributed by atoms with Crippen molar-refractivity contribution in [1.82, 2.24) is 5.32 Å². The summed E-state index contributed by atoms with van der Waals surface area (Å²) in [7, 11) is 0. The molecule has 0 aliphatic carbocycles. The highest BCUT2D eigenvalue weighted by atomic mass is 16.3. The van der Waals surface area contributed by atoms with Crippen molar-refractivity contribution in [2.24, 2.45) is 0 Å². The lowest BCUT2D eigenvalue weighted by Gasteiger charge is -2.09. The Bertz CT molecular complexity index is 576. The van der Waals surface area contributed by atoms with Crippen LogP contribution < -0.4 is 5.32 Å². The topological polar surface area (TPSA) is 49.3 Å². The van der Waals surface area contributed by atoms with Crippen LogP contribution in [-0.4, -0.2) is 11.0 Å². The van der Waals surface area contributed by atoms with E-state index in [1.807, 2.05) is 48.5 Å². The van der Waals surface area contributed by atoms with E-state index in [4.69, 9.17) is 0 Å². The minimum absolute atomic E-state index is 0.0166. The first-order chi connectivity index (χ1) is 9.74. The number of hydrogen-bond acceptors (Lipinski definition) is 2. The molecule has 0 atom stereocenters. The summed E-state index contributed by atoms with van der Waals surface area (Å²) in [6.45, 7) is 2.49. The van der Waals surface area contributed by atoms with E-state index in [2.05, 4.69) is 12.2 Å². The van der Waals surface area contributed by atoms with Crippen LogP contribution in [0.25, 0.3) is 0 Å². The smallest absolute Gasteiger partial charge is 0.251 e. The molecular weight excluding hydrogens is 250 g/mol. The highest BCUT2D eigenvalue weighted by molar-refractivity contribution is 5.94. The highest BCUT2D eigenvalue weighted by Gasteiger charge is 2.06. The number of carbonyl (C=O) groups is 1. The Labute approximate surface area is 119 Å². The van der Waals surface area contributed by atoms with Crippen LogP contribution in [0.5, 0.6) is 0 Å². The number of benzene rings is 2. The number of aliphatic hydroxyl groups excluding tert-OH is 1. The molecule has 0 bridgehead atoms. The van der Waals surface area contributed by atoms with E-state index in [0.29, 0.717) is 12.1 Å². The molecule has 0 radical (unpaired) electrons. The summed E-state index contributed by atoms with van der Waals surface area (Å²) in [5.74, 6) is -0.0969. The van der Waals surface area contributed by atoms with Crippen molar-refractivity contribution < 1.29 is 9.90 Å². The first-order valence-electron chi connectivity index (χ1n) is 6.79. The Morgan fingerprint density at radius 1 is 1.05 bits per heavy atom. The molecular formula is C17H19NO2. The van der Waals surface area contributed by atoms with Crippen LogP contribution in [0.15, 0.2) is 48.5 Å². The summed E-state index contributed by atoms with van der Waals surface area (Å²) in [5, 5.41) is 12.1. The van der Waals surface area contributed by atoms with E-state index in [9.17, 15) is 9.90 Å². The van der Waals surface area contributed by atoms with Gasteiger partial charge in [0.1, 0.15) is 0 Å². The van der Waals surface area contributed by atoms with E-state index in [1.54, 1.807) is 0 Å². The SMILES string of the molecule is CCc1ccc(C(=O)NCc2ccccc2CO)cc1. The molecule has 2 aromatic carbocycles. The van der Waals surface area contributed by atoms with Crippen molar-refractivity contribution in [2.75, 3.05) is 0 Å². The zero-order valence-electron chi connectivity index (χ0n) is 11.6. The number of hydrogen-bond donors (Lipinski definition) is 2. The molecule has 2 aromatic rings. The molecule has 0 saturated carbocycles. The molecule has 0 saturated heterocycles. The molecule has 2 N–H and O–H groups in total. The van der Waals surface area contributed by atoms with E-state index < -0.39 is 0 Å². The molecule has 104 valence electrons. The maximum Gasteiger partial charge on any atom is 0.251 e. The summed E-state index contributed by atoms with van der Waals surface area (Å²) in [6.07, 6.45) is 0.964. The van der Waals surface area contributed by atoms with Gasteiger partial charge in [-0.3, -0.25) is 4.79 Å². The van der Waals surface area contributed by atoms with Crippen molar-refractivity contribution in [2.45, 2.75) is 26.5 Å². The Hall–Kier alpha value is -2.13. The minimum atomic E-state index is -0.0969. The van der Waals surface area contributed by atoms with Gasteiger partial charge in [0.05, 0.1) is 6.61 Å². The van der Waals surface area contributed by atoms with Crippen LogP contribution in [0.4, 0.5) is 0 Å². The van der Waals surface area contributed by atoms with E-state index in [1.165, 1.54) is 5.56 Å². The van der Waals surface area contributed by atoms with Gasteiger partial charge in [0.2, 0.25) is 0 Å². The van der Waals surface area contributed by atoms with Gasteiger partial charge in [-0.25, -0.2) is 0 Å². The summed E-state index contributed by atoms with van der Waals surface area (Å²) >= 11 is 0. The number of aliphatic hydroxyl groups is 1. The number of aryl methyl sites for hydroxylation is 1. The number of rotatable bonds is 5. The quantitative estimate of drug-likeness (QED) is 0.876. The summed E-state index contributed by atoms with van der Waals surface area (Å²) in [5.41, 5.74) is 3.65. The highest BCUT2D eigenvalue weighted by Crippen LogP contribution is 2.09. The van der Waals surface area contributed by atoms with Crippen LogP contribution >= 0.6 is 0 Å². The van der Waals surface area contributed by atoms with Gasteiger partial charge in [-0.2, -0.15) is 0 Å². The third-order valence-corrected chi connectivity index (χ3v) is 3.35. The molecule has 3 heteroatoms. The number of nitrogens with one attached hydrogen (secondary N) is 1. The Kier molecular flexibility index (Phi) is 4.91. The average molecular weight is 269 g/mol. The summed E-state index contributed by atoms with van der Waals surface area (Å²) in [6, 6.07) is 15.2. The van der Waals surface area contributed by atoms with Crippen molar-refractivity contribution in [3.8, 4) is 0 Å². The molecule has 0 aliphatic rings. The molecule has 3 nitrogen and oxygen atoms in total. The molecule has 0 unspecified atom stereocenters. The van der Waals surface area contributed by atoms with Crippen LogP contribution in [0.1, 0.15) is 34.0 Å². The predicted octanol–water partition coefficient (Wildman–Crippen LogP) is 2.67. The molecule has 1 amide bonds. The van der Waals surface area contributed by atoms with Gasteiger partial charge < -0.3 is 10.4 Å². The second-order valence-electron chi connectivity index (χ2n) is 4.66. The molecule has 2 rings (SSSR count). The number of carbonyl (C=O) groups excluding carboxylic acids is 1. The van der Waals surface area contributed by atoms with Gasteiger partial charge in [-0.15, -0.1) is 0 Å². The second-order valence-corrected chi connectivity index (χ2v) is 4.66. The molecule has 0 aromatic heterocycles. The van der Waals surface area contributed by atoms with Crippen molar-refractivity contribution in [3.05, 3.63) is 70.8 Å². The standard InChI is InChI=1S/C17H19NO2/c1-2-13-7-9-14(10-8-13)17(20)18-11-15-5-3-4-6-16(15)12-19/h3-10,19H,2,11-12H2,1H3,(H,18,20). The zero-order chi connectivity index (χ0) is 14.4. The van der Waals surface area contributed by atoms with Gasteiger partial charge >= 0.3 is 0 Å². The fourth-order valence-electron chi connectivity index (χ4n) is 2.05. The maximum atomic E-state index is 12.0. The minimum Gasteiger partial charge on any atom is -0.392 e. The summed E-state index contributed by atoms with van der Waals surface area (Å²) < 4.78 is 0. The summed E-state index contributed by atoms with van der Waals surface area (Å²) in [4.78, 5) is 12.0. The third kappa shape index (κ3) is 3.45. The van der Waals surface area contributed by atoms with E-state index in [-0.39, 0.29) is 12.5 Å². The van der Waals surface area contributed by atoms with Gasteiger partial charge in [0, 0.05) is 12.1 Å². The largest absolute Gasteiger partial charge is 0.392 e. The van der Waals surface area contributed by atoms with Gasteiger partial charge in [0.15, 0.2) is 0 Å². The van der Waals surface area contributed by atoms with Crippen LogP contribution in [-0.2, 0) is 19.6 Å². The van der Waals surface area contributed by atoms with Crippen molar-refractivity contribution >= 4 is 5.91 Å².